The molecule has 1 atom stereocenters. The Morgan fingerprint density at radius 3 is 2.48 bits per heavy atom. The summed E-state index contributed by atoms with van der Waals surface area (Å²) < 4.78 is 5.80. The highest BCUT2D eigenvalue weighted by Crippen LogP contribution is 2.31. The van der Waals surface area contributed by atoms with Crippen molar-refractivity contribution in [2.75, 3.05) is 6.61 Å². The van der Waals surface area contributed by atoms with Gasteiger partial charge < -0.3 is 4.74 Å². The maximum absolute atomic E-state index is 9.49. The standard InChI is InChI=1S/C22H18Cl3N3O/c1-14(12-29-13-15-5-3-2-4-6-15)9-20-27-21(17(11-26)22(25)28-20)16-7-8-18(23)19(24)10-16/h2-8,10,14H,9,12-13H2,1H3. The van der Waals surface area contributed by atoms with Gasteiger partial charge in [0.2, 0.25) is 0 Å². The van der Waals surface area contributed by atoms with E-state index in [2.05, 4.69) is 23.0 Å². The van der Waals surface area contributed by atoms with Crippen molar-refractivity contribution in [3.8, 4) is 17.3 Å². The van der Waals surface area contributed by atoms with Crippen molar-refractivity contribution in [2.24, 2.45) is 5.92 Å². The summed E-state index contributed by atoms with van der Waals surface area (Å²) in [6.45, 7) is 3.16. The second-order valence-corrected chi connectivity index (χ2v) is 7.88. The van der Waals surface area contributed by atoms with Crippen molar-refractivity contribution in [1.82, 2.24) is 9.97 Å². The van der Waals surface area contributed by atoms with E-state index in [1.165, 1.54) is 0 Å². The van der Waals surface area contributed by atoms with Crippen molar-refractivity contribution in [3.63, 3.8) is 0 Å². The van der Waals surface area contributed by atoms with E-state index in [4.69, 9.17) is 39.5 Å². The summed E-state index contributed by atoms with van der Waals surface area (Å²) in [5, 5.41) is 10.4. The number of aromatic nitrogens is 2. The Bertz CT molecular complexity index is 1040. The molecule has 0 amide bonds. The van der Waals surface area contributed by atoms with E-state index in [1.807, 2.05) is 30.3 Å². The lowest BCUT2D eigenvalue weighted by atomic mass is 10.1. The molecule has 2 aromatic carbocycles. The molecule has 0 aliphatic carbocycles. The van der Waals surface area contributed by atoms with Crippen LogP contribution in [-0.2, 0) is 17.8 Å². The maximum atomic E-state index is 9.49. The molecule has 0 saturated heterocycles. The lowest BCUT2D eigenvalue weighted by Gasteiger charge is -2.13. The third-order valence-electron chi connectivity index (χ3n) is 4.26. The van der Waals surface area contributed by atoms with Gasteiger partial charge in [-0.05, 0) is 23.6 Å². The Labute approximate surface area is 185 Å². The van der Waals surface area contributed by atoms with E-state index in [-0.39, 0.29) is 16.6 Å². The molecule has 0 bridgehead atoms. The molecule has 0 saturated carbocycles. The van der Waals surface area contributed by atoms with Crippen molar-refractivity contribution >= 4 is 34.8 Å². The van der Waals surface area contributed by atoms with E-state index in [0.29, 0.717) is 46.8 Å². The molecule has 4 nitrogen and oxygen atoms in total. The van der Waals surface area contributed by atoms with Crippen LogP contribution >= 0.6 is 34.8 Å². The predicted octanol–water partition coefficient (Wildman–Crippen LogP) is 6.37. The molecule has 0 spiro atoms. The summed E-state index contributed by atoms with van der Waals surface area (Å²) >= 11 is 18.4. The number of rotatable bonds is 7. The largest absolute Gasteiger partial charge is 0.376 e. The van der Waals surface area contributed by atoms with E-state index < -0.39 is 0 Å². The Morgan fingerprint density at radius 1 is 1.03 bits per heavy atom. The van der Waals surface area contributed by atoms with Crippen molar-refractivity contribution in [3.05, 3.63) is 80.7 Å². The minimum absolute atomic E-state index is 0.121. The number of halogens is 3. The van der Waals surface area contributed by atoms with Crippen LogP contribution in [0.4, 0.5) is 0 Å². The predicted molar refractivity (Wildman–Crippen MR) is 116 cm³/mol. The Balaban J connectivity index is 1.75. The molecule has 1 heterocycles. The summed E-state index contributed by atoms with van der Waals surface area (Å²) in [5.41, 5.74) is 2.44. The van der Waals surface area contributed by atoms with Crippen LogP contribution in [-0.4, -0.2) is 16.6 Å². The maximum Gasteiger partial charge on any atom is 0.151 e. The van der Waals surface area contributed by atoms with Crippen molar-refractivity contribution in [1.29, 1.82) is 5.26 Å². The Hall–Kier alpha value is -2.16. The van der Waals surface area contributed by atoms with E-state index in [0.717, 1.165) is 5.56 Å². The van der Waals surface area contributed by atoms with Gasteiger partial charge in [-0.15, -0.1) is 0 Å². The van der Waals surface area contributed by atoms with Crippen LogP contribution in [0.25, 0.3) is 11.3 Å². The van der Waals surface area contributed by atoms with Gasteiger partial charge in [0.1, 0.15) is 17.5 Å². The molecule has 0 fully saturated rings. The van der Waals surface area contributed by atoms with Gasteiger partial charge in [-0.25, -0.2) is 9.97 Å². The van der Waals surface area contributed by atoms with Crippen LogP contribution in [0.2, 0.25) is 15.2 Å². The number of nitriles is 1. The topological polar surface area (TPSA) is 58.8 Å². The zero-order valence-corrected chi connectivity index (χ0v) is 18.0. The average Bonchev–Trinajstić information content (AvgIpc) is 2.70. The molecule has 3 rings (SSSR count). The van der Waals surface area contributed by atoms with E-state index in [9.17, 15) is 5.26 Å². The van der Waals surface area contributed by atoms with Crippen LogP contribution in [0, 0.1) is 17.2 Å². The number of ether oxygens (including phenoxy) is 1. The number of hydrogen-bond donors (Lipinski definition) is 0. The van der Waals surface area contributed by atoms with Gasteiger partial charge in [-0.3, -0.25) is 0 Å². The molecule has 0 aliphatic heterocycles. The summed E-state index contributed by atoms with van der Waals surface area (Å²) in [6, 6.07) is 17.2. The monoisotopic (exact) mass is 445 g/mol. The number of nitrogens with zero attached hydrogens (tertiary/aromatic N) is 3. The fraction of sp³-hybridized carbons (Fsp3) is 0.227. The van der Waals surface area contributed by atoms with Crippen molar-refractivity contribution < 1.29 is 4.74 Å². The lowest BCUT2D eigenvalue weighted by molar-refractivity contribution is 0.0916. The first-order chi connectivity index (χ1) is 14.0. The lowest BCUT2D eigenvalue weighted by Crippen LogP contribution is -2.12. The molecule has 1 unspecified atom stereocenters. The smallest absolute Gasteiger partial charge is 0.151 e. The molecule has 7 heteroatoms. The molecule has 0 N–H and O–H groups in total. The third-order valence-corrected chi connectivity index (χ3v) is 5.27. The molecule has 148 valence electrons. The van der Waals surface area contributed by atoms with Gasteiger partial charge in [-0.2, -0.15) is 5.26 Å². The first kappa shape index (κ1) is 21.5. The average molecular weight is 447 g/mol. The normalized spacial score (nSPS) is 11.8. The summed E-state index contributed by atoms with van der Waals surface area (Å²) in [7, 11) is 0. The van der Waals surface area contributed by atoms with Gasteiger partial charge >= 0.3 is 0 Å². The third kappa shape index (κ3) is 5.68. The summed E-state index contributed by atoms with van der Waals surface area (Å²) in [5.74, 6) is 0.718. The zero-order valence-electron chi connectivity index (χ0n) is 15.7. The number of benzene rings is 2. The molecular weight excluding hydrogens is 429 g/mol. The van der Waals surface area contributed by atoms with Gasteiger partial charge in [-0.1, -0.05) is 78.1 Å². The minimum Gasteiger partial charge on any atom is -0.376 e. The second kappa shape index (κ2) is 10.0. The van der Waals surface area contributed by atoms with Crippen molar-refractivity contribution in [2.45, 2.75) is 20.0 Å². The fourth-order valence-corrected chi connectivity index (χ4v) is 3.37. The Morgan fingerprint density at radius 2 is 1.79 bits per heavy atom. The van der Waals surface area contributed by atoms with Crippen LogP contribution < -0.4 is 0 Å². The fourth-order valence-electron chi connectivity index (χ4n) is 2.84. The molecule has 3 aromatic rings. The first-order valence-electron chi connectivity index (χ1n) is 9.01. The van der Waals surface area contributed by atoms with Gasteiger partial charge in [0, 0.05) is 12.0 Å². The second-order valence-electron chi connectivity index (χ2n) is 6.70. The minimum atomic E-state index is 0.121. The van der Waals surface area contributed by atoms with E-state index >= 15 is 0 Å². The first-order valence-corrected chi connectivity index (χ1v) is 10.1. The Kier molecular flexibility index (Phi) is 7.46. The highest BCUT2D eigenvalue weighted by Gasteiger charge is 2.17. The highest BCUT2D eigenvalue weighted by molar-refractivity contribution is 6.42. The molecule has 29 heavy (non-hydrogen) atoms. The zero-order chi connectivity index (χ0) is 20.8. The van der Waals surface area contributed by atoms with Crippen LogP contribution in [0.15, 0.2) is 48.5 Å². The summed E-state index contributed by atoms with van der Waals surface area (Å²) in [4.78, 5) is 8.87. The molecule has 0 radical (unpaired) electrons. The van der Waals surface area contributed by atoms with Crippen LogP contribution in [0.1, 0.15) is 23.9 Å². The number of hydrogen-bond acceptors (Lipinski definition) is 4. The quantitative estimate of drug-likeness (QED) is 0.396. The highest BCUT2D eigenvalue weighted by atomic mass is 35.5. The summed E-state index contributed by atoms with van der Waals surface area (Å²) in [6.07, 6.45) is 0.564. The molecule has 1 aromatic heterocycles. The molecule has 0 aliphatic rings. The SMILES string of the molecule is CC(COCc1ccccc1)Cc1nc(Cl)c(C#N)c(-c2ccc(Cl)c(Cl)c2)n1. The van der Waals surface area contributed by atoms with Gasteiger partial charge in [0.25, 0.3) is 0 Å². The van der Waals surface area contributed by atoms with Gasteiger partial charge in [0.15, 0.2) is 5.15 Å². The van der Waals surface area contributed by atoms with Crippen LogP contribution in [0.5, 0.6) is 0 Å². The van der Waals surface area contributed by atoms with Gasteiger partial charge in [0.05, 0.1) is 29.0 Å². The van der Waals surface area contributed by atoms with E-state index in [1.54, 1.807) is 18.2 Å². The van der Waals surface area contributed by atoms with Crippen LogP contribution in [0.3, 0.4) is 0 Å². The molecular formula is C22H18Cl3N3O.